The predicted octanol–water partition coefficient (Wildman–Crippen LogP) is 1.66. The van der Waals surface area contributed by atoms with Gasteiger partial charge in [-0.15, -0.1) is 0 Å². The van der Waals surface area contributed by atoms with Crippen molar-refractivity contribution < 1.29 is 9.90 Å². The van der Waals surface area contributed by atoms with E-state index in [2.05, 4.69) is 16.8 Å². The molecule has 2 rings (SSSR count). The van der Waals surface area contributed by atoms with Crippen LogP contribution in [0.3, 0.4) is 0 Å². The number of hydrogen-bond acceptors (Lipinski definition) is 3. The van der Waals surface area contributed by atoms with Crippen molar-refractivity contribution in [2.24, 2.45) is 5.92 Å². The van der Waals surface area contributed by atoms with Crippen LogP contribution in [0, 0.1) is 5.92 Å². The molecule has 2 fully saturated rings. The Morgan fingerprint density at radius 3 is 2.39 bits per heavy atom. The molecule has 0 bridgehead atoms. The molecule has 1 saturated carbocycles. The van der Waals surface area contributed by atoms with Crippen LogP contribution in [0.1, 0.15) is 38.5 Å². The molecule has 1 atom stereocenters. The van der Waals surface area contributed by atoms with Crippen molar-refractivity contribution >= 4 is 5.97 Å². The van der Waals surface area contributed by atoms with Crippen LogP contribution in [0.15, 0.2) is 0 Å². The van der Waals surface area contributed by atoms with Crippen molar-refractivity contribution in [2.45, 2.75) is 44.6 Å². The fourth-order valence-corrected chi connectivity index (χ4v) is 3.29. The van der Waals surface area contributed by atoms with Crippen LogP contribution >= 0.6 is 0 Å². The zero-order chi connectivity index (χ0) is 13.0. The third-order valence-corrected chi connectivity index (χ3v) is 4.59. The minimum atomic E-state index is -0.627. The van der Waals surface area contributed by atoms with Crippen LogP contribution in [0.2, 0.25) is 0 Å². The smallest absolute Gasteiger partial charge is 0.320 e. The molecule has 18 heavy (non-hydrogen) atoms. The van der Waals surface area contributed by atoms with Crippen LogP contribution in [0.5, 0.6) is 0 Å². The number of piperazine rings is 1. The van der Waals surface area contributed by atoms with Gasteiger partial charge in [0.05, 0.1) is 0 Å². The van der Waals surface area contributed by atoms with Gasteiger partial charge < -0.3 is 10.0 Å². The Bertz CT molecular complexity index is 269. The monoisotopic (exact) mass is 254 g/mol. The molecule has 104 valence electrons. The predicted molar refractivity (Wildman–Crippen MR) is 71.7 cm³/mol. The summed E-state index contributed by atoms with van der Waals surface area (Å²) in [6.45, 7) is 3.79. The quantitative estimate of drug-likeness (QED) is 0.810. The largest absolute Gasteiger partial charge is 0.480 e. The number of hydrogen-bond donors (Lipinski definition) is 1. The molecule has 1 aliphatic carbocycles. The lowest BCUT2D eigenvalue weighted by Gasteiger charge is -2.36. The fraction of sp³-hybridized carbons (Fsp3) is 0.929. The summed E-state index contributed by atoms with van der Waals surface area (Å²) in [6, 6.07) is -0.251. The minimum Gasteiger partial charge on any atom is -0.480 e. The van der Waals surface area contributed by atoms with Crippen LogP contribution in [0.25, 0.3) is 0 Å². The Morgan fingerprint density at radius 2 is 1.83 bits per heavy atom. The van der Waals surface area contributed by atoms with Gasteiger partial charge in [-0.25, -0.2) is 0 Å². The first kappa shape index (κ1) is 13.8. The van der Waals surface area contributed by atoms with Crippen molar-refractivity contribution in [3.05, 3.63) is 0 Å². The summed E-state index contributed by atoms with van der Waals surface area (Å²) in [6.07, 6.45) is 7.25. The van der Waals surface area contributed by atoms with Crippen molar-refractivity contribution in [1.82, 2.24) is 9.80 Å². The Kier molecular flexibility index (Phi) is 5.01. The van der Waals surface area contributed by atoms with E-state index in [0.717, 1.165) is 44.9 Å². The number of carboxylic acid groups (broad SMARTS) is 1. The second-order valence-corrected chi connectivity index (χ2v) is 5.92. The number of likely N-dealkylation sites (N-methyl/N-ethyl adjacent to an activating group) is 1. The first-order valence-electron chi connectivity index (χ1n) is 7.32. The summed E-state index contributed by atoms with van der Waals surface area (Å²) < 4.78 is 0. The third kappa shape index (κ3) is 3.69. The maximum absolute atomic E-state index is 11.4. The molecule has 4 nitrogen and oxygen atoms in total. The molecule has 2 aliphatic rings. The highest BCUT2D eigenvalue weighted by Crippen LogP contribution is 2.29. The Hall–Kier alpha value is -0.610. The van der Waals surface area contributed by atoms with Gasteiger partial charge in [0, 0.05) is 26.2 Å². The Labute approximate surface area is 110 Å². The van der Waals surface area contributed by atoms with Gasteiger partial charge in [0.25, 0.3) is 0 Å². The first-order valence-corrected chi connectivity index (χ1v) is 7.32. The molecule has 0 spiro atoms. The normalized spacial score (nSPS) is 25.4. The summed E-state index contributed by atoms with van der Waals surface area (Å²) in [5.41, 5.74) is 0. The van der Waals surface area contributed by atoms with Crippen molar-refractivity contribution in [1.29, 1.82) is 0 Å². The molecule has 1 unspecified atom stereocenters. The molecule has 1 N–H and O–H groups in total. The van der Waals surface area contributed by atoms with E-state index in [1.807, 2.05) is 0 Å². The number of carbonyl (C=O) groups is 1. The average molecular weight is 254 g/mol. The molecule has 0 radical (unpaired) electrons. The molecule has 0 aromatic heterocycles. The van der Waals surface area contributed by atoms with Gasteiger partial charge in [-0.1, -0.05) is 25.7 Å². The molecule has 0 amide bonds. The van der Waals surface area contributed by atoms with Crippen LogP contribution in [0.4, 0.5) is 0 Å². The lowest BCUT2D eigenvalue weighted by atomic mass is 9.97. The number of carboxylic acids is 1. The summed E-state index contributed by atoms with van der Waals surface area (Å²) in [4.78, 5) is 15.9. The SMILES string of the molecule is CN1CCN(C(CCC2CCCC2)C(=O)O)CC1. The zero-order valence-electron chi connectivity index (χ0n) is 11.5. The first-order chi connectivity index (χ1) is 8.66. The molecule has 1 heterocycles. The number of nitrogens with zero attached hydrogens (tertiary/aromatic N) is 2. The van der Waals surface area contributed by atoms with E-state index in [0.29, 0.717) is 0 Å². The molecular weight excluding hydrogens is 228 g/mol. The van der Waals surface area contributed by atoms with E-state index in [1.165, 1.54) is 25.7 Å². The Morgan fingerprint density at radius 1 is 1.22 bits per heavy atom. The standard InChI is InChI=1S/C14H26N2O2/c1-15-8-10-16(11-9-15)13(14(17)18)7-6-12-4-2-3-5-12/h12-13H,2-11H2,1H3,(H,17,18). The second-order valence-electron chi connectivity index (χ2n) is 5.92. The second kappa shape index (κ2) is 6.53. The van der Waals surface area contributed by atoms with Gasteiger partial charge in [-0.05, 0) is 25.8 Å². The van der Waals surface area contributed by atoms with E-state index < -0.39 is 5.97 Å². The van der Waals surface area contributed by atoms with Crippen molar-refractivity contribution in [3.8, 4) is 0 Å². The minimum absolute atomic E-state index is 0.251. The highest BCUT2D eigenvalue weighted by molar-refractivity contribution is 5.73. The van der Waals surface area contributed by atoms with Gasteiger partial charge in [-0.3, -0.25) is 9.69 Å². The van der Waals surface area contributed by atoms with Gasteiger partial charge in [0.15, 0.2) is 0 Å². The van der Waals surface area contributed by atoms with Crippen LogP contribution < -0.4 is 0 Å². The van der Waals surface area contributed by atoms with Gasteiger partial charge >= 0.3 is 5.97 Å². The van der Waals surface area contributed by atoms with E-state index in [9.17, 15) is 9.90 Å². The lowest BCUT2D eigenvalue weighted by Crippen LogP contribution is -2.51. The maximum Gasteiger partial charge on any atom is 0.320 e. The lowest BCUT2D eigenvalue weighted by molar-refractivity contribution is -0.144. The van der Waals surface area contributed by atoms with E-state index in [1.54, 1.807) is 0 Å². The molecular formula is C14H26N2O2. The number of rotatable bonds is 5. The highest BCUT2D eigenvalue weighted by Gasteiger charge is 2.28. The molecule has 0 aromatic rings. The zero-order valence-corrected chi connectivity index (χ0v) is 11.5. The van der Waals surface area contributed by atoms with Crippen LogP contribution in [-0.2, 0) is 4.79 Å². The number of aliphatic carboxylic acids is 1. The average Bonchev–Trinajstić information content (AvgIpc) is 2.84. The van der Waals surface area contributed by atoms with Gasteiger partial charge in [0.1, 0.15) is 6.04 Å². The third-order valence-electron chi connectivity index (χ3n) is 4.59. The summed E-state index contributed by atoms with van der Waals surface area (Å²) in [7, 11) is 2.10. The maximum atomic E-state index is 11.4. The summed E-state index contributed by atoms with van der Waals surface area (Å²) >= 11 is 0. The summed E-state index contributed by atoms with van der Waals surface area (Å²) in [5, 5.41) is 9.41. The van der Waals surface area contributed by atoms with Crippen molar-refractivity contribution in [3.63, 3.8) is 0 Å². The molecule has 0 aromatic carbocycles. The highest BCUT2D eigenvalue weighted by atomic mass is 16.4. The van der Waals surface area contributed by atoms with Gasteiger partial charge in [-0.2, -0.15) is 0 Å². The fourth-order valence-electron chi connectivity index (χ4n) is 3.29. The van der Waals surface area contributed by atoms with Gasteiger partial charge in [0.2, 0.25) is 0 Å². The Balaban J connectivity index is 1.81. The molecule has 4 heteroatoms. The van der Waals surface area contributed by atoms with Crippen molar-refractivity contribution in [2.75, 3.05) is 33.2 Å². The van der Waals surface area contributed by atoms with E-state index in [-0.39, 0.29) is 6.04 Å². The topological polar surface area (TPSA) is 43.8 Å². The van der Waals surface area contributed by atoms with E-state index in [4.69, 9.17) is 0 Å². The summed E-state index contributed by atoms with van der Waals surface area (Å²) in [5.74, 6) is 0.164. The van der Waals surface area contributed by atoms with E-state index >= 15 is 0 Å². The molecule has 1 aliphatic heterocycles. The molecule has 1 saturated heterocycles. The van der Waals surface area contributed by atoms with Crippen LogP contribution in [-0.4, -0.2) is 60.1 Å².